The van der Waals surface area contributed by atoms with E-state index in [-0.39, 0.29) is 5.82 Å². The molecule has 0 atom stereocenters. The highest BCUT2D eigenvalue weighted by Gasteiger charge is 2.31. The van der Waals surface area contributed by atoms with Gasteiger partial charge in [0.1, 0.15) is 5.82 Å². The number of aromatic amines is 1. The quantitative estimate of drug-likeness (QED) is 0.826. The number of amides is 1. The maximum atomic E-state index is 13.3. The van der Waals surface area contributed by atoms with E-state index in [0.717, 1.165) is 0 Å². The molecule has 1 aromatic carbocycles. The smallest absolute Gasteiger partial charge is 0.341 e. The number of aromatic nitrogens is 2. The Morgan fingerprint density at radius 3 is 2.63 bits per heavy atom. The molecular formula is C11H7F4N3O. The van der Waals surface area contributed by atoms with Crippen molar-refractivity contribution in [1.82, 2.24) is 9.97 Å². The maximum absolute atomic E-state index is 13.3. The van der Waals surface area contributed by atoms with Crippen molar-refractivity contribution in [3.05, 3.63) is 47.8 Å². The average Bonchev–Trinajstić information content (AvgIpc) is 2.84. The summed E-state index contributed by atoms with van der Waals surface area (Å²) in [5.74, 6) is -1.92. The van der Waals surface area contributed by atoms with Crippen molar-refractivity contribution in [1.29, 1.82) is 0 Å². The Kier molecular flexibility index (Phi) is 3.24. The molecule has 4 nitrogen and oxygen atoms in total. The van der Waals surface area contributed by atoms with Crippen LogP contribution in [0.4, 0.5) is 23.2 Å². The molecule has 0 aliphatic rings. The van der Waals surface area contributed by atoms with E-state index in [4.69, 9.17) is 0 Å². The van der Waals surface area contributed by atoms with Crippen LogP contribution in [-0.4, -0.2) is 15.9 Å². The van der Waals surface area contributed by atoms with Crippen molar-refractivity contribution in [2.75, 3.05) is 5.32 Å². The monoisotopic (exact) mass is 273 g/mol. The van der Waals surface area contributed by atoms with Crippen LogP contribution in [0.5, 0.6) is 0 Å². The first-order valence-electron chi connectivity index (χ1n) is 5.05. The number of halogens is 4. The van der Waals surface area contributed by atoms with Crippen LogP contribution >= 0.6 is 0 Å². The third kappa shape index (κ3) is 2.90. The van der Waals surface area contributed by atoms with Gasteiger partial charge in [0.15, 0.2) is 5.82 Å². The zero-order chi connectivity index (χ0) is 14.0. The van der Waals surface area contributed by atoms with Crippen LogP contribution < -0.4 is 5.32 Å². The lowest BCUT2D eigenvalue weighted by Gasteiger charge is -2.10. The molecule has 100 valence electrons. The van der Waals surface area contributed by atoms with Crippen molar-refractivity contribution in [2.24, 2.45) is 0 Å². The predicted molar refractivity (Wildman–Crippen MR) is 57.9 cm³/mol. The van der Waals surface area contributed by atoms with Gasteiger partial charge in [-0.1, -0.05) is 0 Å². The SMILES string of the molecule is O=C(Nc1cc(C(F)(F)F)ccc1F)c1ncc[nH]1. The summed E-state index contributed by atoms with van der Waals surface area (Å²) in [6.45, 7) is 0. The molecule has 2 aromatic rings. The third-order valence-electron chi connectivity index (χ3n) is 2.26. The lowest BCUT2D eigenvalue weighted by atomic mass is 10.2. The molecule has 1 amide bonds. The molecule has 2 N–H and O–H groups in total. The Balaban J connectivity index is 2.27. The fraction of sp³-hybridized carbons (Fsp3) is 0.0909. The molecule has 0 saturated carbocycles. The lowest BCUT2D eigenvalue weighted by Crippen LogP contribution is -2.15. The number of carbonyl (C=O) groups excluding carboxylic acids is 1. The molecule has 0 fully saturated rings. The van der Waals surface area contributed by atoms with Gasteiger partial charge in [0.05, 0.1) is 11.3 Å². The lowest BCUT2D eigenvalue weighted by molar-refractivity contribution is -0.137. The van der Waals surface area contributed by atoms with Gasteiger partial charge in [-0.3, -0.25) is 4.79 Å². The van der Waals surface area contributed by atoms with Crippen LogP contribution in [0.1, 0.15) is 16.2 Å². The number of benzene rings is 1. The summed E-state index contributed by atoms with van der Waals surface area (Å²) < 4.78 is 50.7. The summed E-state index contributed by atoms with van der Waals surface area (Å²) in [6.07, 6.45) is -1.97. The van der Waals surface area contributed by atoms with Gasteiger partial charge in [-0.2, -0.15) is 13.2 Å². The fourth-order valence-electron chi connectivity index (χ4n) is 1.37. The number of nitrogens with zero attached hydrogens (tertiary/aromatic N) is 1. The summed E-state index contributed by atoms with van der Waals surface area (Å²) in [5.41, 5.74) is -1.61. The van der Waals surface area contributed by atoms with Crippen LogP contribution in [-0.2, 0) is 6.18 Å². The maximum Gasteiger partial charge on any atom is 0.416 e. The number of imidazole rings is 1. The third-order valence-corrected chi connectivity index (χ3v) is 2.26. The molecule has 1 heterocycles. The number of hydrogen-bond acceptors (Lipinski definition) is 2. The number of hydrogen-bond donors (Lipinski definition) is 2. The van der Waals surface area contributed by atoms with E-state index < -0.39 is 29.2 Å². The Hall–Kier alpha value is -2.38. The summed E-state index contributed by atoms with van der Waals surface area (Å²) in [4.78, 5) is 17.6. The number of H-pyrrole nitrogens is 1. The van der Waals surface area contributed by atoms with E-state index in [1.165, 1.54) is 12.4 Å². The van der Waals surface area contributed by atoms with Gasteiger partial charge in [-0.05, 0) is 18.2 Å². The molecule has 2 rings (SSSR count). The van der Waals surface area contributed by atoms with Gasteiger partial charge < -0.3 is 10.3 Å². The first-order chi connectivity index (χ1) is 8.88. The van der Waals surface area contributed by atoms with Crippen molar-refractivity contribution in [3.63, 3.8) is 0 Å². The summed E-state index contributed by atoms with van der Waals surface area (Å²) >= 11 is 0. The number of rotatable bonds is 2. The van der Waals surface area contributed by atoms with Gasteiger partial charge in [-0.15, -0.1) is 0 Å². The standard InChI is InChI=1S/C11H7F4N3O/c12-7-2-1-6(11(13,14)15)5-8(7)18-10(19)9-16-3-4-17-9/h1-5H,(H,16,17)(H,18,19). The molecule has 8 heteroatoms. The van der Waals surface area contributed by atoms with E-state index in [1.807, 2.05) is 5.32 Å². The van der Waals surface area contributed by atoms with Gasteiger partial charge >= 0.3 is 6.18 Å². The molecule has 0 saturated heterocycles. The van der Waals surface area contributed by atoms with Crippen LogP contribution in [0.2, 0.25) is 0 Å². The van der Waals surface area contributed by atoms with E-state index in [0.29, 0.717) is 18.2 Å². The number of carbonyl (C=O) groups is 1. The Morgan fingerprint density at radius 1 is 1.32 bits per heavy atom. The van der Waals surface area contributed by atoms with E-state index in [2.05, 4.69) is 9.97 Å². The van der Waals surface area contributed by atoms with Gasteiger partial charge in [-0.25, -0.2) is 9.37 Å². The first kappa shape index (κ1) is 13.1. The van der Waals surface area contributed by atoms with Crippen molar-refractivity contribution < 1.29 is 22.4 Å². The van der Waals surface area contributed by atoms with Gasteiger partial charge in [0.25, 0.3) is 5.91 Å². The molecule has 19 heavy (non-hydrogen) atoms. The number of alkyl halides is 3. The van der Waals surface area contributed by atoms with E-state index in [9.17, 15) is 22.4 Å². The second-order valence-electron chi connectivity index (χ2n) is 3.58. The predicted octanol–water partition coefficient (Wildman–Crippen LogP) is 2.82. The van der Waals surface area contributed by atoms with Crippen molar-refractivity contribution in [2.45, 2.75) is 6.18 Å². The van der Waals surface area contributed by atoms with Crippen LogP contribution in [0, 0.1) is 5.82 Å². The van der Waals surface area contributed by atoms with Crippen molar-refractivity contribution >= 4 is 11.6 Å². The zero-order valence-electron chi connectivity index (χ0n) is 9.25. The minimum Gasteiger partial charge on any atom is -0.341 e. The second kappa shape index (κ2) is 4.71. The van der Waals surface area contributed by atoms with Crippen LogP contribution in [0.25, 0.3) is 0 Å². The van der Waals surface area contributed by atoms with E-state index in [1.54, 1.807) is 0 Å². The zero-order valence-corrected chi connectivity index (χ0v) is 9.25. The molecule has 0 spiro atoms. The molecule has 0 aliphatic heterocycles. The second-order valence-corrected chi connectivity index (χ2v) is 3.58. The molecule has 0 radical (unpaired) electrons. The van der Waals surface area contributed by atoms with E-state index >= 15 is 0 Å². The molecule has 0 unspecified atom stereocenters. The Morgan fingerprint density at radius 2 is 2.05 bits per heavy atom. The highest BCUT2D eigenvalue weighted by Crippen LogP contribution is 2.31. The molecule has 1 aromatic heterocycles. The number of anilines is 1. The molecule has 0 aliphatic carbocycles. The normalized spacial score (nSPS) is 11.4. The van der Waals surface area contributed by atoms with Crippen LogP contribution in [0.3, 0.4) is 0 Å². The topological polar surface area (TPSA) is 57.8 Å². The number of nitrogens with one attached hydrogen (secondary N) is 2. The highest BCUT2D eigenvalue weighted by atomic mass is 19.4. The van der Waals surface area contributed by atoms with Crippen molar-refractivity contribution in [3.8, 4) is 0 Å². The molecule has 0 bridgehead atoms. The molecular weight excluding hydrogens is 266 g/mol. The minimum atomic E-state index is -4.61. The van der Waals surface area contributed by atoms with Crippen LogP contribution in [0.15, 0.2) is 30.6 Å². The Labute approximate surface area is 104 Å². The van der Waals surface area contributed by atoms with Gasteiger partial charge in [0, 0.05) is 12.4 Å². The summed E-state index contributed by atoms with van der Waals surface area (Å²) in [7, 11) is 0. The minimum absolute atomic E-state index is 0.128. The van der Waals surface area contributed by atoms with Gasteiger partial charge in [0.2, 0.25) is 0 Å². The highest BCUT2D eigenvalue weighted by molar-refractivity contribution is 6.01. The first-order valence-corrected chi connectivity index (χ1v) is 5.05. The summed E-state index contributed by atoms with van der Waals surface area (Å²) in [6, 6.07) is 1.76. The fourth-order valence-corrected chi connectivity index (χ4v) is 1.37. The largest absolute Gasteiger partial charge is 0.416 e. The summed E-state index contributed by atoms with van der Waals surface area (Å²) in [5, 5.41) is 2.02. The Bertz CT molecular complexity index is 592. The average molecular weight is 273 g/mol.